The van der Waals surface area contributed by atoms with Crippen molar-refractivity contribution in [2.75, 3.05) is 19.6 Å². The van der Waals surface area contributed by atoms with Crippen LogP contribution in [0.4, 0.5) is 0 Å². The Balaban J connectivity index is 1.81. The van der Waals surface area contributed by atoms with Crippen LogP contribution in [0.5, 0.6) is 0 Å². The summed E-state index contributed by atoms with van der Waals surface area (Å²) in [7, 11) is 0. The highest BCUT2D eigenvalue weighted by Crippen LogP contribution is 2.25. The zero-order valence-electron chi connectivity index (χ0n) is 13.1. The SMILES string of the molecule is CC(=O)N1CCN(C(=O)Cn2cccn2)[C@@H](c2ccccc2)C1. The summed E-state index contributed by atoms with van der Waals surface area (Å²) < 4.78 is 1.63. The number of benzene rings is 1. The van der Waals surface area contributed by atoms with Crippen molar-refractivity contribution >= 4 is 11.8 Å². The first kappa shape index (κ1) is 15.3. The second kappa shape index (κ2) is 6.64. The van der Waals surface area contributed by atoms with Gasteiger partial charge in [0.25, 0.3) is 0 Å². The molecule has 2 aromatic rings. The summed E-state index contributed by atoms with van der Waals surface area (Å²) in [5.74, 6) is 0.0656. The van der Waals surface area contributed by atoms with Crippen molar-refractivity contribution in [3.8, 4) is 0 Å². The quantitative estimate of drug-likeness (QED) is 0.859. The van der Waals surface area contributed by atoms with Crippen molar-refractivity contribution < 1.29 is 9.59 Å². The predicted molar refractivity (Wildman–Crippen MR) is 85.4 cm³/mol. The van der Waals surface area contributed by atoms with Crippen LogP contribution in [0.3, 0.4) is 0 Å². The lowest BCUT2D eigenvalue weighted by molar-refractivity contribution is -0.142. The van der Waals surface area contributed by atoms with E-state index >= 15 is 0 Å². The van der Waals surface area contributed by atoms with Gasteiger partial charge in [-0.15, -0.1) is 0 Å². The summed E-state index contributed by atoms with van der Waals surface area (Å²) in [6.07, 6.45) is 3.44. The molecule has 1 aliphatic heterocycles. The van der Waals surface area contributed by atoms with Crippen LogP contribution in [-0.2, 0) is 16.1 Å². The lowest BCUT2D eigenvalue weighted by Gasteiger charge is -2.41. The molecule has 1 fully saturated rings. The highest BCUT2D eigenvalue weighted by Gasteiger charge is 2.32. The number of amides is 2. The highest BCUT2D eigenvalue weighted by atomic mass is 16.2. The molecule has 0 bridgehead atoms. The van der Waals surface area contributed by atoms with Crippen LogP contribution >= 0.6 is 0 Å². The number of rotatable bonds is 3. The largest absolute Gasteiger partial charge is 0.339 e. The fraction of sp³-hybridized carbons (Fsp3) is 0.353. The van der Waals surface area contributed by atoms with E-state index < -0.39 is 0 Å². The molecule has 0 saturated carbocycles. The van der Waals surface area contributed by atoms with Gasteiger partial charge in [-0.05, 0) is 11.6 Å². The Morgan fingerprint density at radius 1 is 1.17 bits per heavy atom. The lowest BCUT2D eigenvalue weighted by atomic mass is 10.0. The Hall–Kier alpha value is -2.63. The maximum atomic E-state index is 12.7. The molecule has 2 heterocycles. The number of piperazine rings is 1. The van der Waals surface area contributed by atoms with Crippen LogP contribution in [-0.4, -0.2) is 51.0 Å². The van der Waals surface area contributed by atoms with Crippen LogP contribution in [0.1, 0.15) is 18.5 Å². The fourth-order valence-corrected chi connectivity index (χ4v) is 2.95. The molecule has 6 nitrogen and oxygen atoms in total. The molecule has 0 N–H and O–H groups in total. The van der Waals surface area contributed by atoms with Crippen molar-refractivity contribution in [2.24, 2.45) is 0 Å². The zero-order valence-corrected chi connectivity index (χ0v) is 13.1. The van der Waals surface area contributed by atoms with Gasteiger partial charge in [0, 0.05) is 39.0 Å². The van der Waals surface area contributed by atoms with E-state index in [1.807, 2.05) is 35.2 Å². The van der Waals surface area contributed by atoms with Crippen molar-refractivity contribution in [2.45, 2.75) is 19.5 Å². The Morgan fingerprint density at radius 2 is 1.96 bits per heavy atom. The average Bonchev–Trinajstić information content (AvgIpc) is 3.08. The number of hydrogen-bond donors (Lipinski definition) is 0. The topological polar surface area (TPSA) is 58.4 Å². The summed E-state index contributed by atoms with van der Waals surface area (Å²) in [6, 6.07) is 11.6. The molecule has 23 heavy (non-hydrogen) atoms. The molecular formula is C17H20N4O2. The Morgan fingerprint density at radius 3 is 2.61 bits per heavy atom. The molecule has 0 spiro atoms. The Bertz CT molecular complexity index is 669. The summed E-state index contributed by atoms with van der Waals surface area (Å²) in [5, 5.41) is 4.10. The van der Waals surface area contributed by atoms with Gasteiger partial charge in [0.15, 0.2) is 0 Å². The summed E-state index contributed by atoms with van der Waals surface area (Å²) in [4.78, 5) is 28.1. The van der Waals surface area contributed by atoms with Crippen LogP contribution in [0.2, 0.25) is 0 Å². The average molecular weight is 312 g/mol. The van der Waals surface area contributed by atoms with Crippen LogP contribution in [0.15, 0.2) is 48.8 Å². The minimum atomic E-state index is -0.114. The number of hydrogen-bond acceptors (Lipinski definition) is 3. The molecule has 1 aromatic heterocycles. The lowest BCUT2D eigenvalue weighted by Crippen LogP contribution is -2.52. The fourth-order valence-electron chi connectivity index (χ4n) is 2.95. The van der Waals surface area contributed by atoms with Gasteiger partial charge in [0.2, 0.25) is 11.8 Å². The van der Waals surface area contributed by atoms with E-state index in [1.165, 1.54) is 0 Å². The van der Waals surface area contributed by atoms with Gasteiger partial charge in [-0.3, -0.25) is 14.3 Å². The van der Waals surface area contributed by atoms with Crippen molar-refractivity contribution in [3.05, 3.63) is 54.4 Å². The van der Waals surface area contributed by atoms with E-state index in [9.17, 15) is 9.59 Å². The van der Waals surface area contributed by atoms with Crippen LogP contribution in [0.25, 0.3) is 0 Å². The highest BCUT2D eigenvalue weighted by molar-refractivity contribution is 5.78. The standard InChI is InChI=1S/C17H20N4O2/c1-14(22)19-10-11-21(17(23)13-20-9-5-8-18-20)16(12-19)15-6-3-2-4-7-15/h2-9,16H,10-13H2,1H3/t16-/m1/s1. The Kier molecular flexibility index (Phi) is 4.41. The van der Waals surface area contributed by atoms with Gasteiger partial charge in [0.05, 0.1) is 6.04 Å². The van der Waals surface area contributed by atoms with Gasteiger partial charge in [-0.1, -0.05) is 30.3 Å². The molecule has 1 aliphatic rings. The molecule has 120 valence electrons. The van der Waals surface area contributed by atoms with Crippen LogP contribution in [0, 0.1) is 0 Å². The van der Waals surface area contributed by atoms with Gasteiger partial charge in [-0.25, -0.2) is 0 Å². The van der Waals surface area contributed by atoms with Gasteiger partial charge in [0.1, 0.15) is 6.54 Å². The minimum absolute atomic E-state index is 0.0192. The summed E-state index contributed by atoms with van der Waals surface area (Å²) in [6.45, 7) is 3.44. The maximum Gasteiger partial charge on any atom is 0.244 e. The molecular weight excluding hydrogens is 292 g/mol. The predicted octanol–water partition coefficient (Wildman–Crippen LogP) is 1.32. The summed E-state index contributed by atoms with van der Waals surface area (Å²) in [5.41, 5.74) is 1.05. The molecule has 6 heteroatoms. The molecule has 1 saturated heterocycles. The first-order valence-electron chi connectivity index (χ1n) is 7.72. The minimum Gasteiger partial charge on any atom is -0.339 e. The summed E-state index contributed by atoms with van der Waals surface area (Å²) >= 11 is 0. The number of carbonyl (C=O) groups is 2. The monoisotopic (exact) mass is 312 g/mol. The second-order valence-corrected chi connectivity index (χ2v) is 5.68. The Labute approximate surface area is 135 Å². The first-order valence-corrected chi connectivity index (χ1v) is 7.72. The van der Waals surface area contributed by atoms with Crippen LogP contribution < -0.4 is 0 Å². The van der Waals surface area contributed by atoms with E-state index in [0.29, 0.717) is 19.6 Å². The van der Waals surface area contributed by atoms with Gasteiger partial charge < -0.3 is 9.80 Å². The molecule has 1 atom stereocenters. The molecule has 0 unspecified atom stereocenters. The zero-order chi connectivity index (χ0) is 16.2. The molecule has 2 amide bonds. The van der Waals surface area contributed by atoms with Crippen molar-refractivity contribution in [1.29, 1.82) is 0 Å². The molecule has 0 radical (unpaired) electrons. The smallest absolute Gasteiger partial charge is 0.244 e. The van der Waals surface area contributed by atoms with E-state index in [1.54, 1.807) is 35.0 Å². The third kappa shape index (κ3) is 3.41. The molecule has 0 aliphatic carbocycles. The maximum absolute atomic E-state index is 12.7. The molecule has 1 aromatic carbocycles. The van der Waals surface area contributed by atoms with E-state index in [4.69, 9.17) is 0 Å². The van der Waals surface area contributed by atoms with Gasteiger partial charge >= 0.3 is 0 Å². The normalized spacial score (nSPS) is 18.0. The van der Waals surface area contributed by atoms with E-state index in [-0.39, 0.29) is 24.4 Å². The van der Waals surface area contributed by atoms with Gasteiger partial charge in [-0.2, -0.15) is 5.10 Å². The number of carbonyl (C=O) groups excluding carboxylic acids is 2. The second-order valence-electron chi connectivity index (χ2n) is 5.68. The third-order valence-corrected chi connectivity index (χ3v) is 4.19. The number of aromatic nitrogens is 2. The van der Waals surface area contributed by atoms with E-state index in [2.05, 4.69) is 5.10 Å². The molecule has 3 rings (SSSR count). The van der Waals surface area contributed by atoms with E-state index in [0.717, 1.165) is 5.56 Å². The van der Waals surface area contributed by atoms with Crippen molar-refractivity contribution in [3.63, 3.8) is 0 Å². The first-order chi connectivity index (χ1) is 11.1. The third-order valence-electron chi connectivity index (χ3n) is 4.19. The number of nitrogens with zero attached hydrogens (tertiary/aromatic N) is 4. The van der Waals surface area contributed by atoms with Crippen molar-refractivity contribution in [1.82, 2.24) is 19.6 Å².